The van der Waals surface area contributed by atoms with Crippen LogP contribution in [0, 0.1) is 11.3 Å². The summed E-state index contributed by atoms with van der Waals surface area (Å²) in [5.41, 5.74) is 6.43. The normalized spacial score (nSPS) is 23.6. The van der Waals surface area contributed by atoms with Crippen LogP contribution in [0.1, 0.15) is 40.5 Å². The molecule has 0 radical (unpaired) electrons. The van der Waals surface area contributed by atoms with Gasteiger partial charge in [-0.3, -0.25) is 4.90 Å². The first kappa shape index (κ1) is 14.9. The molecule has 0 aromatic carbocycles. The highest BCUT2D eigenvalue weighted by Crippen LogP contribution is 2.30. The summed E-state index contributed by atoms with van der Waals surface area (Å²) in [4.78, 5) is 2.58. The second kappa shape index (κ2) is 6.17. The van der Waals surface area contributed by atoms with Gasteiger partial charge in [-0.2, -0.15) is 0 Å². The molecule has 1 aliphatic rings. The Bertz CT molecular complexity index is 215. The van der Waals surface area contributed by atoms with E-state index in [1.807, 2.05) is 0 Å². The van der Waals surface area contributed by atoms with Crippen LogP contribution in [-0.4, -0.2) is 43.8 Å². The lowest BCUT2D eigenvalue weighted by molar-refractivity contribution is 0.0327. The van der Waals surface area contributed by atoms with Gasteiger partial charge in [0.2, 0.25) is 0 Å². The lowest BCUT2D eigenvalue weighted by Gasteiger charge is -2.45. The Morgan fingerprint density at radius 2 is 1.82 bits per heavy atom. The molecule has 1 saturated heterocycles. The van der Waals surface area contributed by atoms with Crippen LogP contribution < -0.4 is 5.73 Å². The van der Waals surface area contributed by atoms with Gasteiger partial charge in [0.05, 0.1) is 0 Å². The van der Waals surface area contributed by atoms with Crippen LogP contribution >= 0.6 is 0 Å². The second-order valence-electron chi connectivity index (χ2n) is 6.60. The average molecular weight is 242 g/mol. The Morgan fingerprint density at radius 1 is 1.29 bits per heavy atom. The number of ether oxygens (including phenoxy) is 1. The highest BCUT2D eigenvalue weighted by molar-refractivity contribution is 4.91. The molecule has 0 aromatic rings. The third kappa shape index (κ3) is 4.23. The molecule has 3 nitrogen and oxygen atoms in total. The van der Waals surface area contributed by atoms with Crippen molar-refractivity contribution in [1.29, 1.82) is 0 Å². The predicted octanol–water partition coefficient (Wildman–Crippen LogP) is 2.11. The number of rotatable bonds is 4. The zero-order chi connectivity index (χ0) is 13.1. The van der Waals surface area contributed by atoms with E-state index in [-0.39, 0.29) is 11.5 Å². The molecule has 17 heavy (non-hydrogen) atoms. The highest BCUT2D eigenvalue weighted by Gasteiger charge is 2.35. The standard InChI is InChI=1S/C14H30N2O/c1-11(15)13(14(2,3)4)16-8-6-12(7-9-16)10-17-5/h11-13H,6-10,15H2,1-5H3. The van der Waals surface area contributed by atoms with Crippen molar-refractivity contribution in [1.82, 2.24) is 4.90 Å². The van der Waals surface area contributed by atoms with E-state index in [1.54, 1.807) is 7.11 Å². The predicted molar refractivity (Wildman–Crippen MR) is 73.1 cm³/mol. The Kier molecular flexibility index (Phi) is 5.42. The zero-order valence-electron chi connectivity index (χ0n) is 12.2. The maximum atomic E-state index is 6.18. The molecule has 2 unspecified atom stereocenters. The molecular formula is C14H30N2O. The average Bonchev–Trinajstić information content (AvgIpc) is 2.18. The first-order chi connectivity index (χ1) is 7.86. The molecule has 0 spiro atoms. The van der Waals surface area contributed by atoms with Crippen molar-refractivity contribution in [3.63, 3.8) is 0 Å². The molecule has 1 fully saturated rings. The molecule has 0 amide bonds. The lowest BCUT2D eigenvalue weighted by Crippen LogP contribution is -2.55. The van der Waals surface area contributed by atoms with Gasteiger partial charge in [0.1, 0.15) is 0 Å². The molecule has 0 aliphatic carbocycles. The molecule has 1 aliphatic heterocycles. The van der Waals surface area contributed by atoms with Crippen molar-refractivity contribution in [2.45, 2.75) is 52.6 Å². The zero-order valence-corrected chi connectivity index (χ0v) is 12.2. The maximum Gasteiger partial charge on any atom is 0.0491 e. The Balaban J connectivity index is 2.56. The third-order valence-corrected chi connectivity index (χ3v) is 3.83. The van der Waals surface area contributed by atoms with Crippen LogP contribution in [0.15, 0.2) is 0 Å². The topological polar surface area (TPSA) is 38.5 Å². The summed E-state index contributed by atoms with van der Waals surface area (Å²) >= 11 is 0. The molecule has 1 heterocycles. The molecule has 2 N–H and O–H groups in total. The van der Waals surface area contributed by atoms with Crippen molar-refractivity contribution >= 4 is 0 Å². The van der Waals surface area contributed by atoms with E-state index in [4.69, 9.17) is 10.5 Å². The van der Waals surface area contributed by atoms with Crippen LogP contribution in [-0.2, 0) is 4.74 Å². The fourth-order valence-electron chi connectivity index (χ4n) is 3.30. The number of hydrogen-bond acceptors (Lipinski definition) is 3. The van der Waals surface area contributed by atoms with Gasteiger partial charge in [0.25, 0.3) is 0 Å². The van der Waals surface area contributed by atoms with Crippen LogP contribution in [0.4, 0.5) is 0 Å². The fraction of sp³-hybridized carbons (Fsp3) is 1.00. The van der Waals surface area contributed by atoms with Crippen molar-refractivity contribution in [3.8, 4) is 0 Å². The van der Waals surface area contributed by atoms with Crippen LogP contribution in [0.3, 0.4) is 0 Å². The number of likely N-dealkylation sites (tertiary alicyclic amines) is 1. The van der Waals surface area contributed by atoms with E-state index >= 15 is 0 Å². The van der Waals surface area contributed by atoms with Crippen molar-refractivity contribution < 1.29 is 4.74 Å². The summed E-state index contributed by atoms with van der Waals surface area (Å²) in [5.74, 6) is 0.741. The minimum Gasteiger partial charge on any atom is -0.384 e. The molecule has 3 heteroatoms. The third-order valence-electron chi connectivity index (χ3n) is 3.83. The Labute approximate surface area is 107 Å². The summed E-state index contributed by atoms with van der Waals surface area (Å²) in [6, 6.07) is 0.708. The molecule has 1 rings (SSSR count). The van der Waals surface area contributed by atoms with E-state index in [9.17, 15) is 0 Å². The number of nitrogens with two attached hydrogens (primary N) is 1. The first-order valence-corrected chi connectivity index (χ1v) is 6.85. The summed E-state index contributed by atoms with van der Waals surface area (Å²) < 4.78 is 5.25. The van der Waals surface area contributed by atoms with Gasteiger partial charge < -0.3 is 10.5 Å². The van der Waals surface area contributed by atoms with E-state index in [0.29, 0.717) is 6.04 Å². The second-order valence-corrected chi connectivity index (χ2v) is 6.60. The van der Waals surface area contributed by atoms with Crippen LogP contribution in [0.2, 0.25) is 0 Å². The van der Waals surface area contributed by atoms with E-state index in [1.165, 1.54) is 12.8 Å². The van der Waals surface area contributed by atoms with Crippen LogP contribution in [0.25, 0.3) is 0 Å². The van der Waals surface area contributed by atoms with Crippen LogP contribution in [0.5, 0.6) is 0 Å². The Morgan fingerprint density at radius 3 is 2.18 bits per heavy atom. The smallest absolute Gasteiger partial charge is 0.0491 e. The Hall–Kier alpha value is -0.120. The lowest BCUT2D eigenvalue weighted by atomic mass is 9.80. The van der Waals surface area contributed by atoms with Gasteiger partial charge in [-0.15, -0.1) is 0 Å². The fourth-order valence-corrected chi connectivity index (χ4v) is 3.30. The van der Waals surface area contributed by atoms with E-state index in [2.05, 4.69) is 32.6 Å². The number of methoxy groups -OCH3 is 1. The quantitative estimate of drug-likeness (QED) is 0.820. The summed E-state index contributed by atoms with van der Waals surface area (Å²) in [7, 11) is 1.80. The minimum absolute atomic E-state index is 0.231. The first-order valence-electron chi connectivity index (χ1n) is 6.85. The van der Waals surface area contributed by atoms with Crippen molar-refractivity contribution in [2.24, 2.45) is 17.1 Å². The number of piperidine rings is 1. The minimum atomic E-state index is 0.231. The van der Waals surface area contributed by atoms with Gasteiger partial charge in [0, 0.05) is 25.8 Å². The summed E-state index contributed by atoms with van der Waals surface area (Å²) in [6.45, 7) is 12.3. The van der Waals surface area contributed by atoms with Gasteiger partial charge >= 0.3 is 0 Å². The maximum absolute atomic E-state index is 6.18. The molecule has 0 saturated carbocycles. The number of nitrogens with zero attached hydrogens (tertiary/aromatic N) is 1. The molecule has 2 atom stereocenters. The summed E-state index contributed by atoms with van der Waals surface area (Å²) in [5, 5.41) is 0. The largest absolute Gasteiger partial charge is 0.384 e. The molecular weight excluding hydrogens is 212 g/mol. The van der Waals surface area contributed by atoms with E-state index in [0.717, 1.165) is 25.6 Å². The van der Waals surface area contributed by atoms with Gasteiger partial charge in [-0.1, -0.05) is 20.8 Å². The number of hydrogen-bond donors (Lipinski definition) is 1. The van der Waals surface area contributed by atoms with Crippen molar-refractivity contribution in [3.05, 3.63) is 0 Å². The molecule has 102 valence electrons. The highest BCUT2D eigenvalue weighted by atomic mass is 16.5. The molecule has 0 bridgehead atoms. The van der Waals surface area contributed by atoms with E-state index < -0.39 is 0 Å². The SMILES string of the molecule is COCC1CCN(C(C(C)N)C(C)(C)C)CC1. The summed E-state index contributed by atoms with van der Waals surface area (Å²) in [6.07, 6.45) is 2.49. The molecule has 0 aromatic heterocycles. The monoisotopic (exact) mass is 242 g/mol. The van der Waals surface area contributed by atoms with Crippen molar-refractivity contribution in [2.75, 3.05) is 26.8 Å². The van der Waals surface area contributed by atoms with Gasteiger partial charge in [-0.25, -0.2) is 0 Å². The van der Waals surface area contributed by atoms with Gasteiger partial charge in [0.15, 0.2) is 0 Å². The van der Waals surface area contributed by atoms with Gasteiger partial charge in [-0.05, 0) is 44.2 Å².